The van der Waals surface area contributed by atoms with Crippen LogP contribution in [0.2, 0.25) is 0 Å². The molecular weight excluding hydrogens is 184 g/mol. The van der Waals surface area contributed by atoms with Gasteiger partial charge >= 0.3 is 0 Å². The lowest BCUT2D eigenvalue weighted by Crippen LogP contribution is -2.21. The Kier molecular flexibility index (Phi) is 3.13. The summed E-state index contributed by atoms with van der Waals surface area (Å²) in [5.41, 5.74) is 0. The number of aromatic nitrogens is 1. The SMILES string of the molecule is CNCc1ncc(C2COCCO2)o1. The number of hydrogen-bond donors (Lipinski definition) is 1. The van der Waals surface area contributed by atoms with Crippen molar-refractivity contribution in [2.75, 3.05) is 26.9 Å². The van der Waals surface area contributed by atoms with Gasteiger partial charge < -0.3 is 19.2 Å². The number of hydrogen-bond acceptors (Lipinski definition) is 5. The minimum atomic E-state index is -0.0955. The highest BCUT2D eigenvalue weighted by molar-refractivity contribution is 4.99. The molecule has 1 unspecified atom stereocenters. The fourth-order valence-corrected chi connectivity index (χ4v) is 1.36. The van der Waals surface area contributed by atoms with Crippen molar-refractivity contribution in [1.82, 2.24) is 10.3 Å². The van der Waals surface area contributed by atoms with E-state index < -0.39 is 0 Å². The second kappa shape index (κ2) is 4.54. The van der Waals surface area contributed by atoms with Gasteiger partial charge in [0.25, 0.3) is 0 Å². The smallest absolute Gasteiger partial charge is 0.208 e. The second-order valence-electron chi connectivity index (χ2n) is 3.12. The van der Waals surface area contributed by atoms with Crippen LogP contribution in [0.1, 0.15) is 17.8 Å². The van der Waals surface area contributed by atoms with Gasteiger partial charge in [0.15, 0.2) is 5.76 Å². The van der Waals surface area contributed by atoms with Crippen LogP contribution < -0.4 is 5.32 Å². The quantitative estimate of drug-likeness (QED) is 0.765. The summed E-state index contributed by atoms with van der Waals surface area (Å²) in [7, 11) is 1.85. The van der Waals surface area contributed by atoms with E-state index in [1.807, 2.05) is 7.05 Å². The lowest BCUT2D eigenvalue weighted by Gasteiger charge is -2.20. The van der Waals surface area contributed by atoms with Gasteiger partial charge in [-0.15, -0.1) is 0 Å². The van der Waals surface area contributed by atoms with E-state index in [4.69, 9.17) is 13.9 Å². The molecule has 1 fully saturated rings. The first kappa shape index (κ1) is 9.64. The van der Waals surface area contributed by atoms with E-state index in [2.05, 4.69) is 10.3 Å². The number of nitrogens with zero attached hydrogens (tertiary/aromatic N) is 1. The van der Waals surface area contributed by atoms with Gasteiger partial charge in [0.1, 0.15) is 6.10 Å². The molecule has 0 bridgehead atoms. The molecule has 78 valence electrons. The Hall–Kier alpha value is -0.910. The van der Waals surface area contributed by atoms with E-state index >= 15 is 0 Å². The van der Waals surface area contributed by atoms with E-state index in [1.165, 1.54) is 0 Å². The van der Waals surface area contributed by atoms with Crippen molar-refractivity contribution in [2.24, 2.45) is 0 Å². The molecule has 1 atom stereocenters. The predicted molar refractivity (Wildman–Crippen MR) is 48.8 cm³/mol. The predicted octanol–water partition coefficient (Wildman–Crippen LogP) is 0.482. The van der Waals surface area contributed by atoms with Crippen molar-refractivity contribution in [1.29, 1.82) is 0 Å². The van der Waals surface area contributed by atoms with E-state index in [9.17, 15) is 0 Å². The molecule has 5 heteroatoms. The molecule has 0 amide bonds. The van der Waals surface area contributed by atoms with Crippen LogP contribution in [0.15, 0.2) is 10.6 Å². The zero-order valence-corrected chi connectivity index (χ0v) is 8.16. The summed E-state index contributed by atoms with van der Waals surface area (Å²) in [6.45, 7) is 2.46. The van der Waals surface area contributed by atoms with Gasteiger partial charge in [0.2, 0.25) is 5.89 Å². The van der Waals surface area contributed by atoms with Gasteiger partial charge in [0, 0.05) is 0 Å². The Morgan fingerprint density at radius 1 is 1.57 bits per heavy atom. The lowest BCUT2D eigenvalue weighted by molar-refractivity contribution is -0.0978. The topological polar surface area (TPSA) is 56.5 Å². The zero-order valence-electron chi connectivity index (χ0n) is 8.16. The molecule has 0 aliphatic carbocycles. The van der Waals surface area contributed by atoms with Gasteiger partial charge in [-0.2, -0.15) is 0 Å². The van der Waals surface area contributed by atoms with Crippen LogP contribution >= 0.6 is 0 Å². The third-order valence-corrected chi connectivity index (χ3v) is 2.03. The molecule has 2 heterocycles. The Morgan fingerprint density at radius 2 is 2.50 bits per heavy atom. The third-order valence-electron chi connectivity index (χ3n) is 2.03. The minimum Gasteiger partial charge on any atom is -0.441 e. The highest BCUT2D eigenvalue weighted by Gasteiger charge is 2.20. The van der Waals surface area contributed by atoms with Gasteiger partial charge in [-0.05, 0) is 7.05 Å². The molecule has 1 saturated heterocycles. The van der Waals surface area contributed by atoms with Crippen LogP contribution in [-0.2, 0) is 16.0 Å². The first-order chi connectivity index (χ1) is 6.90. The molecule has 1 aromatic rings. The summed E-state index contributed by atoms with van der Waals surface area (Å²) in [4.78, 5) is 4.12. The molecular formula is C9H14N2O3. The highest BCUT2D eigenvalue weighted by atomic mass is 16.6. The monoisotopic (exact) mass is 198 g/mol. The van der Waals surface area contributed by atoms with Gasteiger partial charge in [0.05, 0.1) is 32.6 Å². The molecule has 2 rings (SSSR count). The van der Waals surface area contributed by atoms with E-state index in [1.54, 1.807) is 6.20 Å². The first-order valence-electron chi connectivity index (χ1n) is 4.68. The molecule has 0 saturated carbocycles. The van der Waals surface area contributed by atoms with Crippen molar-refractivity contribution >= 4 is 0 Å². The molecule has 0 aromatic carbocycles. The molecule has 1 aromatic heterocycles. The van der Waals surface area contributed by atoms with Crippen LogP contribution in [0.3, 0.4) is 0 Å². The van der Waals surface area contributed by atoms with Crippen molar-refractivity contribution in [3.63, 3.8) is 0 Å². The van der Waals surface area contributed by atoms with Crippen LogP contribution in [0.25, 0.3) is 0 Å². The van der Waals surface area contributed by atoms with Gasteiger partial charge in [-0.25, -0.2) is 4.98 Å². The maximum atomic E-state index is 5.48. The first-order valence-corrected chi connectivity index (χ1v) is 4.68. The summed E-state index contributed by atoms with van der Waals surface area (Å²) >= 11 is 0. The Balaban J connectivity index is 2.00. The van der Waals surface area contributed by atoms with E-state index in [0.29, 0.717) is 32.3 Å². The zero-order chi connectivity index (χ0) is 9.80. The molecule has 0 radical (unpaired) electrons. The van der Waals surface area contributed by atoms with Crippen molar-refractivity contribution in [2.45, 2.75) is 12.6 Å². The summed E-state index contributed by atoms with van der Waals surface area (Å²) in [5, 5.41) is 2.97. The molecule has 14 heavy (non-hydrogen) atoms. The fraction of sp³-hybridized carbons (Fsp3) is 0.667. The minimum absolute atomic E-state index is 0.0955. The Morgan fingerprint density at radius 3 is 3.21 bits per heavy atom. The molecule has 1 N–H and O–H groups in total. The average molecular weight is 198 g/mol. The highest BCUT2D eigenvalue weighted by Crippen LogP contribution is 2.21. The van der Waals surface area contributed by atoms with Crippen LogP contribution in [-0.4, -0.2) is 31.9 Å². The number of ether oxygens (including phenoxy) is 2. The molecule has 0 spiro atoms. The average Bonchev–Trinajstić information content (AvgIpc) is 2.68. The molecule has 5 nitrogen and oxygen atoms in total. The van der Waals surface area contributed by atoms with Gasteiger partial charge in [-0.1, -0.05) is 0 Å². The standard InChI is InChI=1S/C9H14N2O3/c1-10-5-9-11-4-7(14-9)8-6-12-2-3-13-8/h4,8,10H,2-3,5-6H2,1H3. The third kappa shape index (κ3) is 2.12. The normalized spacial score (nSPS) is 22.5. The van der Waals surface area contributed by atoms with Crippen molar-refractivity contribution in [3.05, 3.63) is 17.8 Å². The van der Waals surface area contributed by atoms with E-state index in [0.717, 1.165) is 5.76 Å². The number of nitrogens with one attached hydrogen (secondary N) is 1. The Labute approximate surface area is 82.4 Å². The number of oxazole rings is 1. The fourth-order valence-electron chi connectivity index (χ4n) is 1.36. The largest absolute Gasteiger partial charge is 0.441 e. The van der Waals surface area contributed by atoms with Crippen LogP contribution in [0.5, 0.6) is 0 Å². The second-order valence-corrected chi connectivity index (χ2v) is 3.12. The number of rotatable bonds is 3. The molecule has 1 aliphatic rings. The summed E-state index contributed by atoms with van der Waals surface area (Å²) in [5.74, 6) is 1.42. The maximum absolute atomic E-state index is 5.48. The lowest BCUT2D eigenvalue weighted by atomic mass is 10.3. The van der Waals surface area contributed by atoms with Crippen molar-refractivity contribution < 1.29 is 13.9 Å². The van der Waals surface area contributed by atoms with Crippen LogP contribution in [0, 0.1) is 0 Å². The summed E-state index contributed by atoms with van der Waals surface area (Å²) in [6, 6.07) is 0. The summed E-state index contributed by atoms with van der Waals surface area (Å²) < 4.78 is 16.2. The molecule has 1 aliphatic heterocycles. The van der Waals surface area contributed by atoms with Crippen LogP contribution in [0.4, 0.5) is 0 Å². The van der Waals surface area contributed by atoms with Crippen molar-refractivity contribution in [3.8, 4) is 0 Å². The van der Waals surface area contributed by atoms with Gasteiger partial charge in [-0.3, -0.25) is 0 Å². The summed E-state index contributed by atoms with van der Waals surface area (Å²) in [6.07, 6.45) is 1.60. The Bertz CT molecular complexity index is 281. The van der Waals surface area contributed by atoms with E-state index in [-0.39, 0.29) is 6.10 Å². The maximum Gasteiger partial charge on any atom is 0.208 e.